The summed E-state index contributed by atoms with van der Waals surface area (Å²) in [5.74, 6) is 1.81. The summed E-state index contributed by atoms with van der Waals surface area (Å²) in [5, 5.41) is 6.33. The Bertz CT molecular complexity index is 744. The smallest absolute Gasteiger partial charge is 0.220 e. The third-order valence-corrected chi connectivity index (χ3v) is 5.75. The van der Waals surface area contributed by atoms with E-state index in [1.54, 1.807) is 7.05 Å². The fraction of sp³-hybridized carbons (Fsp3) is 0.417. The Hall–Kier alpha value is -2.82. The molecule has 29 heavy (non-hydrogen) atoms. The van der Waals surface area contributed by atoms with E-state index in [-0.39, 0.29) is 11.8 Å². The van der Waals surface area contributed by atoms with Crippen LogP contribution >= 0.6 is 0 Å². The Morgan fingerprint density at radius 2 is 1.59 bits per heavy atom. The number of guanidine groups is 1. The van der Waals surface area contributed by atoms with Crippen molar-refractivity contribution in [2.24, 2.45) is 10.9 Å². The molecule has 0 unspecified atom stereocenters. The number of hydrogen-bond donors (Lipinski definition) is 2. The van der Waals surface area contributed by atoms with Gasteiger partial charge < -0.3 is 15.5 Å². The molecule has 0 aromatic heterocycles. The predicted octanol–water partition coefficient (Wildman–Crippen LogP) is 3.24. The average molecular weight is 393 g/mol. The first-order valence-electron chi connectivity index (χ1n) is 10.5. The lowest BCUT2D eigenvalue weighted by atomic mass is 9.91. The summed E-state index contributed by atoms with van der Waals surface area (Å²) in [6.45, 7) is 2.66. The van der Waals surface area contributed by atoms with Gasteiger partial charge in [-0.05, 0) is 29.9 Å². The van der Waals surface area contributed by atoms with E-state index >= 15 is 0 Å². The monoisotopic (exact) mass is 392 g/mol. The molecule has 2 aromatic rings. The SMILES string of the molecule is CN=C(NCC(c1ccccc1)c1ccccc1)N1CCC(CC(=O)NC)CC1. The first-order chi connectivity index (χ1) is 14.2. The van der Waals surface area contributed by atoms with E-state index in [4.69, 9.17) is 0 Å². The van der Waals surface area contributed by atoms with Crippen LogP contribution in [0.15, 0.2) is 65.7 Å². The third kappa shape index (κ3) is 5.83. The number of nitrogens with one attached hydrogen (secondary N) is 2. The third-order valence-electron chi connectivity index (χ3n) is 5.75. The van der Waals surface area contributed by atoms with Crippen LogP contribution in [0.25, 0.3) is 0 Å². The van der Waals surface area contributed by atoms with Gasteiger partial charge in [-0.25, -0.2) is 0 Å². The second-order valence-corrected chi connectivity index (χ2v) is 7.61. The molecule has 0 radical (unpaired) electrons. The Morgan fingerprint density at radius 1 is 1.03 bits per heavy atom. The molecule has 0 saturated carbocycles. The lowest BCUT2D eigenvalue weighted by Crippen LogP contribution is -2.47. The van der Waals surface area contributed by atoms with Gasteiger partial charge in [0.25, 0.3) is 0 Å². The Balaban J connectivity index is 1.62. The van der Waals surface area contributed by atoms with Crippen molar-refractivity contribution in [1.82, 2.24) is 15.5 Å². The van der Waals surface area contributed by atoms with Crippen LogP contribution in [0.5, 0.6) is 0 Å². The molecule has 5 nitrogen and oxygen atoms in total. The number of carbonyl (C=O) groups is 1. The second kappa shape index (κ2) is 10.6. The van der Waals surface area contributed by atoms with Gasteiger partial charge in [-0.2, -0.15) is 0 Å². The fourth-order valence-corrected chi connectivity index (χ4v) is 4.04. The molecule has 1 saturated heterocycles. The first-order valence-corrected chi connectivity index (χ1v) is 10.5. The maximum atomic E-state index is 11.6. The highest BCUT2D eigenvalue weighted by Crippen LogP contribution is 2.24. The van der Waals surface area contributed by atoms with Gasteiger partial charge in [0.1, 0.15) is 0 Å². The number of nitrogens with zero attached hydrogens (tertiary/aromatic N) is 2. The van der Waals surface area contributed by atoms with Gasteiger partial charge in [-0.15, -0.1) is 0 Å². The minimum absolute atomic E-state index is 0.138. The lowest BCUT2D eigenvalue weighted by molar-refractivity contribution is -0.121. The summed E-state index contributed by atoms with van der Waals surface area (Å²) in [4.78, 5) is 18.5. The van der Waals surface area contributed by atoms with Crippen molar-refractivity contribution in [3.05, 3.63) is 71.8 Å². The fourth-order valence-electron chi connectivity index (χ4n) is 4.04. The highest BCUT2D eigenvalue weighted by molar-refractivity contribution is 5.80. The molecule has 1 aliphatic heterocycles. The topological polar surface area (TPSA) is 56.7 Å². The van der Waals surface area contributed by atoms with Gasteiger partial charge in [-0.3, -0.25) is 9.79 Å². The van der Waals surface area contributed by atoms with Crippen molar-refractivity contribution in [3.8, 4) is 0 Å². The second-order valence-electron chi connectivity index (χ2n) is 7.61. The molecule has 0 atom stereocenters. The molecule has 1 aliphatic rings. The van der Waals surface area contributed by atoms with E-state index in [9.17, 15) is 4.79 Å². The number of aliphatic imine (C=N–C) groups is 1. The van der Waals surface area contributed by atoms with Gasteiger partial charge >= 0.3 is 0 Å². The van der Waals surface area contributed by atoms with Crippen molar-refractivity contribution in [1.29, 1.82) is 0 Å². The van der Waals surface area contributed by atoms with E-state index in [0.717, 1.165) is 38.4 Å². The number of piperidine rings is 1. The van der Waals surface area contributed by atoms with Gasteiger partial charge in [0.15, 0.2) is 5.96 Å². The summed E-state index contributed by atoms with van der Waals surface area (Å²) in [5.41, 5.74) is 2.59. The Morgan fingerprint density at radius 3 is 2.07 bits per heavy atom. The van der Waals surface area contributed by atoms with Gasteiger partial charge in [0.05, 0.1) is 0 Å². The van der Waals surface area contributed by atoms with E-state index < -0.39 is 0 Å². The number of amides is 1. The number of rotatable bonds is 6. The number of likely N-dealkylation sites (tertiary alicyclic amines) is 1. The van der Waals surface area contributed by atoms with Crippen LogP contribution in [0.3, 0.4) is 0 Å². The zero-order valence-electron chi connectivity index (χ0n) is 17.5. The van der Waals surface area contributed by atoms with Crippen LogP contribution in [0.2, 0.25) is 0 Å². The van der Waals surface area contributed by atoms with Crippen molar-refractivity contribution in [3.63, 3.8) is 0 Å². The Kier molecular flexibility index (Phi) is 7.68. The zero-order valence-corrected chi connectivity index (χ0v) is 17.5. The summed E-state index contributed by atoms with van der Waals surface area (Å²) in [7, 11) is 3.55. The van der Waals surface area contributed by atoms with Gasteiger partial charge in [-0.1, -0.05) is 60.7 Å². The molecule has 0 aliphatic carbocycles. The van der Waals surface area contributed by atoms with Crippen molar-refractivity contribution < 1.29 is 4.79 Å². The molecule has 3 rings (SSSR count). The van der Waals surface area contributed by atoms with Crippen LogP contribution in [-0.4, -0.2) is 50.5 Å². The minimum Gasteiger partial charge on any atom is -0.359 e. The molecule has 1 amide bonds. The van der Waals surface area contributed by atoms with Crippen molar-refractivity contribution >= 4 is 11.9 Å². The van der Waals surface area contributed by atoms with E-state index in [1.165, 1.54) is 11.1 Å². The molecule has 1 heterocycles. The van der Waals surface area contributed by atoms with Crippen LogP contribution in [-0.2, 0) is 4.79 Å². The van der Waals surface area contributed by atoms with Crippen molar-refractivity contribution in [2.75, 3.05) is 33.7 Å². The molecule has 0 bridgehead atoms. The van der Waals surface area contributed by atoms with Gasteiger partial charge in [0, 0.05) is 46.1 Å². The number of hydrogen-bond acceptors (Lipinski definition) is 2. The molecule has 1 fully saturated rings. The molecule has 2 N–H and O–H groups in total. The molecule has 0 spiro atoms. The van der Waals surface area contributed by atoms with Crippen LogP contribution < -0.4 is 10.6 Å². The molecular weight excluding hydrogens is 360 g/mol. The van der Waals surface area contributed by atoms with E-state index in [2.05, 4.69) is 81.2 Å². The Labute approximate surface area is 174 Å². The standard InChI is InChI=1S/C24H32N4O/c1-25-23(29)17-19-13-15-28(16-14-19)24(26-2)27-18-22(20-9-5-3-6-10-20)21-11-7-4-8-12-21/h3-12,19,22H,13-18H2,1-2H3,(H,25,29)(H,26,27). The predicted molar refractivity (Wildman–Crippen MR) is 119 cm³/mol. The van der Waals surface area contributed by atoms with Crippen LogP contribution in [0.1, 0.15) is 36.3 Å². The summed E-state index contributed by atoms with van der Waals surface area (Å²) < 4.78 is 0. The quantitative estimate of drug-likeness (QED) is 0.586. The summed E-state index contributed by atoms with van der Waals surface area (Å²) in [6.07, 6.45) is 2.67. The normalized spacial score (nSPS) is 15.4. The van der Waals surface area contributed by atoms with Gasteiger partial charge in [0.2, 0.25) is 5.91 Å². The molecule has 2 aromatic carbocycles. The summed E-state index contributed by atoms with van der Waals surface area (Å²) in [6, 6.07) is 21.2. The average Bonchev–Trinajstić information content (AvgIpc) is 2.78. The van der Waals surface area contributed by atoms with Crippen molar-refractivity contribution in [2.45, 2.75) is 25.2 Å². The highest BCUT2D eigenvalue weighted by Gasteiger charge is 2.24. The highest BCUT2D eigenvalue weighted by atomic mass is 16.1. The van der Waals surface area contributed by atoms with Crippen LogP contribution in [0.4, 0.5) is 0 Å². The first kappa shape index (κ1) is 20.9. The molecular formula is C24H32N4O. The zero-order chi connectivity index (χ0) is 20.5. The largest absolute Gasteiger partial charge is 0.359 e. The molecule has 154 valence electrons. The number of benzene rings is 2. The summed E-state index contributed by atoms with van der Waals surface area (Å²) >= 11 is 0. The van der Waals surface area contributed by atoms with E-state index in [0.29, 0.717) is 12.3 Å². The van der Waals surface area contributed by atoms with Crippen LogP contribution in [0, 0.1) is 5.92 Å². The molecule has 5 heteroatoms. The van der Waals surface area contributed by atoms with E-state index in [1.807, 2.05) is 7.05 Å². The maximum absolute atomic E-state index is 11.6. The number of carbonyl (C=O) groups excluding carboxylic acids is 1. The minimum atomic E-state index is 0.138. The maximum Gasteiger partial charge on any atom is 0.220 e. The lowest BCUT2D eigenvalue weighted by Gasteiger charge is -2.34.